The van der Waals surface area contributed by atoms with Crippen LogP contribution >= 0.6 is 68.4 Å². The van der Waals surface area contributed by atoms with Gasteiger partial charge in [-0.3, -0.25) is 9.59 Å². The lowest BCUT2D eigenvalue weighted by atomic mass is 9.79. The molecule has 18 rings (SSSR count). The first-order chi connectivity index (χ1) is 49.5. The van der Waals surface area contributed by atoms with E-state index in [1.54, 1.807) is 64.6 Å². The average molecular weight is 1460 g/mol. The summed E-state index contributed by atoms with van der Waals surface area (Å²) < 4.78 is 26.4. The van der Waals surface area contributed by atoms with Gasteiger partial charge in [0.1, 0.15) is 53.4 Å². The molecular formula is C81H42N12O3S7. The molecule has 7 aliphatic rings. The first kappa shape index (κ1) is 63.4. The topological polar surface area (TPSA) is 206 Å². The van der Waals surface area contributed by atoms with Gasteiger partial charge in [-0.15, -0.1) is 56.7 Å². The summed E-state index contributed by atoms with van der Waals surface area (Å²) in [6.07, 6.45) is 3.43. The van der Waals surface area contributed by atoms with Crippen LogP contribution < -0.4 is 4.74 Å². The van der Waals surface area contributed by atoms with Crippen molar-refractivity contribution < 1.29 is 14.3 Å². The second-order valence-corrected chi connectivity index (χ2v) is 34.4. The Morgan fingerprint density at radius 3 is 1.34 bits per heavy atom. The lowest BCUT2D eigenvalue weighted by Crippen LogP contribution is -2.16. The van der Waals surface area contributed by atoms with Crippen molar-refractivity contribution in [3.05, 3.63) is 240 Å². The van der Waals surface area contributed by atoms with Gasteiger partial charge < -0.3 is 4.74 Å². The second kappa shape index (κ2) is 21.6. The van der Waals surface area contributed by atoms with Gasteiger partial charge in [0.05, 0.1) is 82.6 Å². The van der Waals surface area contributed by atoms with E-state index in [1.807, 2.05) is 30.3 Å². The van der Waals surface area contributed by atoms with Crippen LogP contribution in [0.25, 0.3) is 126 Å². The zero-order valence-electron chi connectivity index (χ0n) is 55.6. The number of hydrogen-bond acceptors (Lipinski definition) is 17. The highest BCUT2D eigenvalue weighted by molar-refractivity contribution is 7.58. The van der Waals surface area contributed by atoms with E-state index in [0.29, 0.717) is 16.2 Å². The minimum absolute atomic E-state index is 0.0365. The number of rotatable bonds is 6. The summed E-state index contributed by atoms with van der Waals surface area (Å²) in [6, 6.07) is 34.0. The SMILES string of the molecule is [C-]#[N+]C([N+]#[C-])=C1/C(=C/c2cc3c(s2)-c2cc4c(cc2C3(C)C)-c2sc(-c3c5c(c(-c6cc7c(s6)-c6cc8c(cc6C7(C)C)-c6sc(-c7sc(/C=C9\C(=O)c%10cc(C#N)c(C#N)cc%10\C9=C(/C#N)[N+]#[C-])cc7OC)cc6C8(C)C)c6nsnc36)N=S=N5)cc2C4(C)C)C(=O)c2cc(C#N)c([N+]#[C-])cc21. The molecule has 486 valence electrons. The van der Waals surface area contributed by atoms with E-state index in [9.17, 15) is 30.6 Å². The molecule has 6 aliphatic carbocycles. The molecule has 0 saturated heterocycles. The zero-order valence-corrected chi connectivity index (χ0v) is 61.3. The summed E-state index contributed by atoms with van der Waals surface area (Å²) >= 11 is 10.6. The van der Waals surface area contributed by atoms with E-state index >= 15 is 0 Å². The van der Waals surface area contributed by atoms with Crippen molar-refractivity contribution in [1.82, 2.24) is 8.75 Å². The van der Waals surface area contributed by atoms with E-state index in [4.69, 9.17) is 48.5 Å². The summed E-state index contributed by atoms with van der Waals surface area (Å²) in [5.41, 5.74) is 19.3. The van der Waals surface area contributed by atoms with Crippen molar-refractivity contribution in [3.8, 4) is 102 Å². The molecule has 0 unspecified atom stereocenters. The van der Waals surface area contributed by atoms with Gasteiger partial charge in [-0.2, -0.15) is 42.9 Å². The molecule has 7 heterocycles. The normalized spacial score (nSPS) is 17.0. The Balaban J connectivity index is 0.670. The molecule has 15 nitrogen and oxygen atoms in total. The van der Waals surface area contributed by atoms with Gasteiger partial charge >= 0.3 is 5.82 Å². The molecular weight excluding hydrogens is 1410 g/mol. The number of Topliss-reactive ketones (excluding diaryl/α,β-unsaturated/α-hetero) is 2. The second-order valence-electron chi connectivity index (χ2n) is 28.0. The molecule has 0 radical (unpaired) electrons. The van der Waals surface area contributed by atoms with Crippen LogP contribution in [0, 0.1) is 71.6 Å². The Bertz CT molecular complexity index is 6650. The highest BCUT2D eigenvalue weighted by Gasteiger charge is 2.48. The third kappa shape index (κ3) is 8.35. The number of aromatic nitrogens is 2. The summed E-state index contributed by atoms with van der Waals surface area (Å²) in [6.45, 7) is 49.5. The maximum absolute atomic E-state index is 14.2. The van der Waals surface area contributed by atoms with Crippen LogP contribution in [0.15, 0.2) is 110 Å². The summed E-state index contributed by atoms with van der Waals surface area (Å²) in [5.74, 6) is -0.503. The molecule has 103 heavy (non-hydrogen) atoms. The number of methoxy groups -OCH3 is 1. The number of allylic oxidation sites excluding steroid dienone is 5. The number of carbonyl (C=O) groups excluding carboxylic acids is 2. The predicted molar refractivity (Wildman–Crippen MR) is 409 cm³/mol. The number of nitrogens with zero attached hydrogens (tertiary/aromatic N) is 12. The Hall–Kier alpha value is -11.7. The number of ether oxygens (including phenoxy) is 1. The van der Waals surface area contributed by atoms with Crippen molar-refractivity contribution >= 4 is 143 Å². The highest BCUT2D eigenvalue weighted by atomic mass is 32.1. The van der Waals surface area contributed by atoms with Crippen LogP contribution in [0.2, 0.25) is 0 Å². The van der Waals surface area contributed by atoms with Crippen LogP contribution in [0.4, 0.5) is 17.1 Å². The van der Waals surface area contributed by atoms with Crippen LogP contribution in [0.3, 0.4) is 0 Å². The number of fused-ring (bicyclic) bond motifs is 16. The molecule has 0 atom stereocenters. The van der Waals surface area contributed by atoms with Gasteiger partial charge in [-0.25, -0.2) is 15.0 Å². The first-order valence-corrected chi connectivity index (χ1v) is 37.6. The van der Waals surface area contributed by atoms with Crippen molar-refractivity contribution in [3.63, 3.8) is 0 Å². The van der Waals surface area contributed by atoms with Gasteiger partial charge in [-0.05, 0) is 169 Å². The quantitative estimate of drug-likeness (QED) is 0.0880. The fourth-order valence-electron chi connectivity index (χ4n) is 16.3. The zero-order chi connectivity index (χ0) is 71.7. The first-order valence-electron chi connectivity index (χ1n) is 32.0. The monoisotopic (exact) mass is 1450 g/mol. The fraction of sp³-hybridized carbons (Fsp3) is 0.160. The third-order valence-corrected chi connectivity index (χ3v) is 28.5. The molecule has 1 aliphatic heterocycles. The smallest absolute Gasteiger partial charge is 0.495 e. The van der Waals surface area contributed by atoms with Gasteiger partial charge in [-0.1, -0.05) is 55.4 Å². The van der Waals surface area contributed by atoms with Crippen LogP contribution in [0.5, 0.6) is 5.75 Å². The van der Waals surface area contributed by atoms with Crippen LogP contribution in [-0.4, -0.2) is 27.4 Å². The summed E-state index contributed by atoms with van der Waals surface area (Å²) in [4.78, 5) is 52.5. The van der Waals surface area contributed by atoms with Crippen LogP contribution in [0.1, 0.15) is 158 Å². The lowest BCUT2D eigenvalue weighted by molar-refractivity contribution is 0.103. The molecule has 0 fully saturated rings. The molecule has 0 amide bonds. The number of nitriles is 4. The molecule has 22 heteroatoms. The number of hydrogen-bond donors (Lipinski definition) is 0. The van der Waals surface area contributed by atoms with E-state index in [-0.39, 0.29) is 83.7 Å². The van der Waals surface area contributed by atoms with E-state index in [2.05, 4.69) is 123 Å². The van der Waals surface area contributed by atoms with Crippen molar-refractivity contribution in [2.75, 3.05) is 7.11 Å². The number of thiophene rings is 5. The minimum Gasteiger partial charge on any atom is -0.495 e. The molecule has 0 saturated carbocycles. The maximum atomic E-state index is 14.2. The highest BCUT2D eigenvalue weighted by Crippen LogP contribution is 2.66. The minimum atomic E-state index is -0.444. The molecule has 6 aromatic heterocycles. The number of carbonyl (C=O) groups is 2. The maximum Gasteiger partial charge on any atom is 0.527 e. The Labute approximate surface area is 617 Å². The van der Waals surface area contributed by atoms with Gasteiger partial charge in [0.25, 0.3) is 5.70 Å². The number of ketones is 2. The largest absolute Gasteiger partial charge is 0.527 e. The van der Waals surface area contributed by atoms with Gasteiger partial charge in [0.2, 0.25) is 5.69 Å². The molecule has 5 aromatic carbocycles. The Kier molecular flexibility index (Phi) is 13.3. The van der Waals surface area contributed by atoms with Crippen LogP contribution in [-0.2, 0) is 33.0 Å². The third-order valence-electron chi connectivity index (χ3n) is 21.5. The molecule has 11 aromatic rings. The molecule has 0 bridgehead atoms. The average Bonchev–Trinajstić information content (AvgIpc) is 1.53. The van der Waals surface area contributed by atoms with Gasteiger partial charge in [0.15, 0.2) is 11.6 Å². The Morgan fingerprint density at radius 1 is 0.466 bits per heavy atom. The van der Waals surface area contributed by atoms with E-state index < -0.39 is 22.4 Å². The van der Waals surface area contributed by atoms with Crippen molar-refractivity contribution in [2.24, 2.45) is 8.73 Å². The Morgan fingerprint density at radius 2 is 0.883 bits per heavy atom. The predicted octanol–water partition coefficient (Wildman–Crippen LogP) is 22.3. The van der Waals surface area contributed by atoms with Gasteiger partial charge in [0, 0.05) is 105 Å². The summed E-state index contributed by atoms with van der Waals surface area (Å²) in [7, 11) is 1.61. The summed E-state index contributed by atoms with van der Waals surface area (Å²) in [5, 5.41) is 39.6. The molecule has 0 spiro atoms. The van der Waals surface area contributed by atoms with E-state index in [0.717, 1.165) is 73.9 Å². The fourth-order valence-corrected chi connectivity index (χ4v) is 24.0. The van der Waals surface area contributed by atoms with Crippen molar-refractivity contribution in [2.45, 2.75) is 77.0 Å². The molecule has 0 N–H and O–H groups in total. The lowest BCUT2D eigenvalue weighted by Gasteiger charge is -2.24. The van der Waals surface area contributed by atoms with Crippen molar-refractivity contribution in [1.29, 1.82) is 21.0 Å². The van der Waals surface area contributed by atoms with E-state index in [1.165, 1.54) is 129 Å². The number of benzene rings is 5. The standard InChI is InChI=1S/C81H42N12O3S7/c1-78(2)48-22-43-49(21-42(48)72-52(78)19-36(97-72)17-47-63(77(88-11)89-12)39-25-56(86-9)35(31-84)16-41(39)71(47)95)79(3,4)53-26-59(99-73(43)53)64-66-68(92-102-90-66)65(69-67(64)91-103-93-69)60-27-54-74(100-60)44-23-51-45(24-50(44)80(54,5)6)75-55(81(51,7)8)28-61(101-75)76-58(96-13)20-37(98-76)18-46-62(57(32-85)87-10)38-14-33(29-82)34(30-83)15-40(38)70(46)94/h14-28H,1-8,13H3/b46-18-,47-17-,62-57-.